The standard InChI is InChI=1S/C29H21F3INO2/c1-19-21(8-5-9-25(19)22-6-3-2-4-7-22)10-11-23-16-27(24(17-35)15-26(23)29(30,31)32)36-18-20-12-13-34-28(33)14-20/h2-17H,18H2,1H3/b11-10+. The van der Waals surface area contributed by atoms with Crippen molar-refractivity contribution in [3.8, 4) is 16.9 Å². The minimum Gasteiger partial charge on any atom is -0.488 e. The van der Waals surface area contributed by atoms with Crippen molar-refractivity contribution in [2.24, 2.45) is 0 Å². The van der Waals surface area contributed by atoms with Gasteiger partial charge in [-0.2, -0.15) is 13.2 Å². The summed E-state index contributed by atoms with van der Waals surface area (Å²) < 4.78 is 48.2. The Kier molecular flexibility index (Phi) is 7.88. The molecule has 0 aliphatic heterocycles. The van der Waals surface area contributed by atoms with Crippen LogP contribution in [0.15, 0.2) is 79.0 Å². The molecule has 0 aliphatic carbocycles. The van der Waals surface area contributed by atoms with Crippen LogP contribution in [0.3, 0.4) is 0 Å². The number of carbonyl (C=O) groups is 1. The van der Waals surface area contributed by atoms with E-state index in [1.807, 2.05) is 55.5 Å². The van der Waals surface area contributed by atoms with Crippen molar-refractivity contribution in [1.82, 2.24) is 4.98 Å². The molecule has 0 atom stereocenters. The number of ether oxygens (including phenoxy) is 1. The summed E-state index contributed by atoms with van der Waals surface area (Å²) in [5.74, 6) is 0.0826. The predicted molar refractivity (Wildman–Crippen MR) is 144 cm³/mol. The Bertz CT molecular complexity index is 1420. The number of rotatable bonds is 7. The van der Waals surface area contributed by atoms with E-state index in [1.165, 1.54) is 12.1 Å². The molecule has 182 valence electrons. The Morgan fingerprint density at radius 2 is 1.67 bits per heavy atom. The predicted octanol–water partition coefficient (Wildman–Crippen LogP) is 8.24. The monoisotopic (exact) mass is 599 g/mol. The zero-order chi connectivity index (χ0) is 25.7. The van der Waals surface area contributed by atoms with Gasteiger partial charge in [0.2, 0.25) is 0 Å². The molecular weight excluding hydrogens is 578 g/mol. The molecule has 0 amide bonds. The lowest BCUT2D eigenvalue weighted by Crippen LogP contribution is -2.10. The van der Waals surface area contributed by atoms with Crippen LogP contribution < -0.4 is 4.74 Å². The van der Waals surface area contributed by atoms with Gasteiger partial charge in [-0.25, -0.2) is 0 Å². The summed E-state index contributed by atoms with van der Waals surface area (Å²) in [6.07, 6.45) is 0.423. The van der Waals surface area contributed by atoms with Crippen LogP contribution in [0, 0.1) is 10.6 Å². The quantitative estimate of drug-likeness (QED) is 0.0930. The van der Waals surface area contributed by atoms with Crippen molar-refractivity contribution >= 4 is 41.0 Å². The second-order valence-corrected chi connectivity index (χ2v) is 9.19. The lowest BCUT2D eigenvalue weighted by molar-refractivity contribution is -0.137. The number of alkyl halides is 3. The van der Waals surface area contributed by atoms with Gasteiger partial charge in [-0.15, -0.1) is 0 Å². The average molecular weight is 599 g/mol. The first-order valence-corrected chi connectivity index (χ1v) is 12.1. The van der Waals surface area contributed by atoms with Crippen LogP contribution in [0.4, 0.5) is 13.2 Å². The highest BCUT2D eigenvalue weighted by Crippen LogP contribution is 2.37. The lowest BCUT2D eigenvalue weighted by atomic mass is 9.95. The molecule has 0 bridgehead atoms. The fraction of sp³-hybridized carbons (Fsp3) is 0.103. The van der Waals surface area contributed by atoms with Gasteiger partial charge in [0.15, 0.2) is 6.29 Å². The molecule has 0 unspecified atom stereocenters. The maximum atomic E-state index is 13.9. The third-order valence-electron chi connectivity index (χ3n) is 5.70. The normalized spacial score (nSPS) is 11.6. The summed E-state index contributed by atoms with van der Waals surface area (Å²) in [7, 11) is 0. The topological polar surface area (TPSA) is 39.2 Å². The van der Waals surface area contributed by atoms with E-state index in [0.717, 1.165) is 37.6 Å². The second kappa shape index (κ2) is 11.1. The molecule has 3 nitrogen and oxygen atoms in total. The highest BCUT2D eigenvalue weighted by molar-refractivity contribution is 14.1. The van der Waals surface area contributed by atoms with Crippen molar-refractivity contribution in [2.75, 3.05) is 0 Å². The molecule has 0 fully saturated rings. The van der Waals surface area contributed by atoms with Crippen LogP contribution in [-0.4, -0.2) is 11.3 Å². The highest BCUT2D eigenvalue weighted by atomic mass is 127. The third kappa shape index (κ3) is 6.02. The number of pyridine rings is 1. The Morgan fingerprint density at radius 3 is 2.36 bits per heavy atom. The zero-order valence-corrected chi connectivity index (χ0v) is 21.4. The van der Waals surface area contributed by atoms with Gasteiger partial charge in [0.25, 0.3) is 0 Å². The van der Waals surface area contributed by atoms with Crippen LogP contribution in [-0.2, 0) is 12.8 Å². The van der Waals surface area contributed by atoms with Gasteiger partial charge in [0, 0.05) is 6.20 Å². The van der Waals surface area contributed by atoms with E-state index in [-0.39, 0.29) is 23.5 Å². The van der Waals surface area contributed by atoms with Gasteiger partial charge in [-0.1, -0.05) is 60.7 Å². The van der Waals surface area contributed by atoms with Crippen molar-refractivity contribution in [3.63, 3.8) is 0 Å². The Hall–Kier alpha value is -3.46. The Labute approximate surface area is 220 Å². The summed E-state index contributed by atoms with van der Waals surface area (Å²) in [5.41, 5.74) is 3.40. The van der Waals surface area contributed by atoms with Gasteiger partial charge in [0.1, 0.15) is 16.1 Å². The molecule has 0 radical (unpaired) electrons. The van der Waals surface area contributed by atoms with Crippen molar-refractivity contribution < 1.29 is 22.7 Å². The molecule has 7 heteroatoms. The van der Waals surface area contributed by atoms with E-state index in [2.05, 4.69) is 27.6 Å². The summed E-state index contributed by atoms with van der Waals surface area (Å²) in [6, 6.07) is 21.2. The van der Waals surface area contributed by atoms with E-state index in [4.69, 9.17) is 4.74 Å². The van der Waals surface area contributed by atoms with Crippen molar-refractivity contribution in [3.05, 3.63) is 116 Å². The summed E-state index contributed by atoms with van der Waals surface area (Å²) >= 11 is 2.06. The number of benzene rings is 3. The van der Waals surface area contributed by atoms with Gasteiger partial charge in [0.05, 0.1) is 11.1 Å². The fourth-order valence-corrected chi connectivity index (χ4v) is 4.41. The molecule has 0 aliphatic rings. The van der Waals surface area contributed by atoms with Crippen LogP contribution in [0.2, 0.25) is 0 Å². The largest absolute Gasteiger partial charge is 0.488 e. The first-order valence-electron chi connectivity index (χ1n) is 11.0. The molecular formula is C29H21F3INO2. The molecule has 36 heavy (non-hydrogen) atoms. The minimum absolute atomic E-state index is 0.0826. The second-order valence-electron chi connectivity index (χ2n) is 8.09. The maximum Gasteiger partial charge on any atom is 0.417 e. The number of aldehydes is 1. The molecule has 0 N–H and O–H groups in total. The van der Waals surface area contributed by atoms with E-state index in [9.17, 15) is 18.0 Å². The third-order valence-corrected chi connectivity index (χ3v) is 6.29. The van der Waals surface area contributed by atoms with Crippen LogP contribution in [0.1, 0.15) is 38.2 Å². The SMILES string of the molecule is Cc1c(/C=C/c2cc(OCc3ccnc(I)c3)c(C=O)cc2C(F)(F)F)cccc1-c1ccccc1. The lowest BCUT2D eigenvalue weighted by Gasteiger charge is -2.15. The Balaban J connectivity index is 1.72. The van der Waals surface area contributed by atoms with E-state index in [0.29, 0.717) is 6.29 Å². The highest BCUT2D eigenvalue weighted by Gasteiger charge is 2.34. The van der Waals surface area contributed by atoms with Crippen molar-refractivity contribution in [1.29, 1.82) is 0 Å². The van der Waals surface area contributed by atoms with Gasteiger partial charge in [-0.3, -0.25) is 9.78 Å². The summed E-state index contributed by atoms with van der Waals surface area (Å²) in [5, 5.41) is 0. The smallest absolute Gasteiger partial charge is 0.417 e. The van der Waals surface area contributed by atoms with Crippen LogP contribution in [0.25, 0.3) is 23.3 Å². The molecule has 1 heterocycles. The number of hydrogen-bond acceptors (Lipinski definition) is 3. The molecule has 4 aromatic rings. The van der Waals surface area contributed by atoms with E-state index < -0.39 is 11.7 Å². The zero-order valence-electron chi connectivity index (χ0n) is 19.2. The molecule has 1 aromatic heterocycles. The van der Waals surface area contributed by atoms with Gasteiger partial charge < -0.3 is 4.74 Å². The van der Waals surface area contributed by atoms with Crippen LogP contribution >= 0.6 is 22.6 Å². The first kappa shape index (κ1) is 25.6. The van der Waals surface area contributed by atoms with Crippen molar-refractivity contribution in [2.45, 2.75) is 19.7 Å². The molecule has 4 rings (SSSR count). The number of hydrogen-bond donors (Lipinski definition) is 0. The maximum absolute atomic E-state index is 13.9. The number of halogens is 4. The van der Waals surface area contributed by atoms with E-state index >= 15 is 0 Å². The number of nitrogens with zero attached hydrogens (tertiary/aromatic N) is 1. The van der Waals surface area contributed by atoms with E-state index in [1.54, 1.807) is 24.4 Å². The summed E-state index contributed by atoms with van der Waals surface area (Å²) in [4.78, 5) is 15.7. The molecule has 0 spiro atoms. The molecule has 0 saturated heterocycles. The Morgan fingerprint density at radius 1 is 0.917 bits per heavy atom. The number of carbonyl (C=O) groups excluding carboxylic acids is 1. The molecule has 0 saturated carbocycles. The van der Waals surface area contributed by atoms with Gasteiger partial charge in [-0.05, 0) is 87.2 Å². The molecule has 3 aromatic carbocycles. The fourth-order valence-electron chi connectivity index (χ4n) is 3.85. The van der Waals surface area contributed by atoms with Gasteiger partial charge >= 0.3 is 6.18 Å². The number of aromatic nitrogens is 1. The van der Waals surface area contributed by atoms with Crippen LogP contribution in [0.5, 0.6) is 5.75 Å². The minimum atomic E-state index is -4.64. The average Bonchev–Trinajstić information content (AvgIpc) is 2.86. The summed E-state index contributed by atoms with van der Waals surface area (Å²) in [6.45, 7) is 2.03. The first-order chi connectivity index (χ1) is 17.3.